The zero-order chi connectivity index (χ0) is 15.5. The molecule has 7 heteroatoms. The van der Waals surface area contributed by atoms with Gasteiger partial charge in [-0.1, -0.05) is 13.8 Å². The second-order valence-electron chi connectivity index (χ2n) is 4.88. The summed E-state index contributed by atoms with van der Waals surface area (Å²) in [7, 11) is 4.39. The number of hydrogen-bond acceptors (Lipinski definition) is 4. The molecule has 0 aliphatic carbocycles. The second kappa shape index (κ2) is 6.45. The van der Waals surface area contributed by atoms with Crippen molar-refractivity contribution < 1.29 is 17.9 Å². The molecule has 0 heterocycles. The molecule has 112 valence electrons. The van der Waals surface area contributed by atoms with Crippen LogP contribution in [0.15, 0.2) is 23.1 Å². The third-order valence-electron chi connectivity index (χ3n) is 2.66. The fourth-order valence-electron chi connectivity index (χ4n) is 1.85. The molecule has 0 aliphatic heterocycles. The average molecular weight is 320 g/mol. The Morgan fingerprint density at radius 3 is 2.45 bits per heavy atom. The summed E-state index contributed by atoms with van der Waals surface area (Å²) in [6.45, 7) is 4.56. The molecule has 0 unspecified atom stereocenters. The predicted octanol–water partition coefficient (Wildman–Crippen LogP) is 2.35. The molecule has 0 bridgehead atoms. The van der Waals surface area contributed by atoms with Crippen molar-refractivity contribution in [2.45, 2.75) is 18.7 Å². The van der Waals surface area contributed by atoms with Gasteiger partial charge in [0.1, 0.15) is 10.6 Å². The largest absolute Gasteiger partial charge is 0.495 e. The van der Waals surface area contributed by atoms with Gasteiger partial charge in [0, 0.05) is 29.8 Å². The molecule has 0 spiro atoms. The number of halogens is 1. The minimum Gasteiger partial charge on any atom is -0.495 e. The van der Waals surface area contributed by atoms with E-state index < -0.39 is 9.05 Å². The lowest BCUT2D eigenvalue weighted by Crippen LogP contribution is -2.30. The zero-order valence-corrected chi connectivity index (χ0v) is 13.5. The molecule has 0 aromatic heterocycles. The molecule has 0 N–H and O–H groups in total. The average Bonchev–Trinajstić information content (AvgIpc) is 2.35. The third-order valence-corrected chi connectivity index (χ3v) is 4.00. The molecule has 0 saturated carbocycles. The highest BCUT2D eigenvalue weighted by Crippen LogP contribution is 2.28. The summed E-state index contributed by atoms with van der Waals surface area (Å²) < 4.78 is 27.9. The molecule has 0 aliphatic rings. The van der Waals surface area contributed by atoms with Crippen LogP contribution < -0.4 is 4.74 Å². The van der Waals surface area contributed by atoms with E-state index in [0.717, 1.165) is 0 Å². The van der Waals surface area contributed by atoms with Crippen LogP contribution in [0.5, 0.6) is 5.75 Å². The number of carbonyl (C=O) groups is 1. The van der Waals surface area contributed by atoms with E-state index >= 15 is 0 Å². The number of amides is 1. The number of hydrogen-bond donors (Lipinski definition) is 0. The summed E-state index contributed by atoms with van der Waals surface area (Å²) in [6.07, 6.45) is 0. The van der Waals surface area contributed by atoms with Gasteiger partial charge in [-0.15, -0.1) is 0 Å². The summed E-state index contributed by atoms with van der Waals surface area (Å²) in [4.78, 5) is 13.5. The van der Waals surface area contributed by atoms with Crippen LogP contribution >= 0.6 is 10.7 Å². The maximum Gasteiger partial charge on any atom is 0.265 e. The van der Waals surface area contributed by atoms with Crippen LogP contribution in [0.1, 0.15) is 24.2 Å². The molecule has 5 nitrogen and oxygen atoms in total. The number of methoxy groups -OCH3 is 1. The van der Waals surface area contributed by atoms with Crippen molar-refractivity contribution in [3.8, 4) is 5.75 Å². The van der Waals surface area contributed by atoms with E-state index in [4.69, 9.17) is 15.4 Å². The van der Waals surface area contributed by atoms with Crippen molar-refractivity contribution >= 4 is 25.6 Å². The highest BCUT2D eigenvalue weighted by Gasteiger charge is 2.21. The van der Waals surface area contributed by atoms with Gasteiger partial charge in [-0.05, 0) is 24.1 Å². The van der Waals surface area contributed by atoms with Crippen LogP contribution in [0, 0.1) is 5.92 Å². The summed E-state index contributed by atoms with van der Waals surface area (Å²) in [5, 5.41) is 0. The molecule has 0 saturated heterocycles. The first-order chi connectivity index (χ1) is 9.16. The first-order valence-corrected chi connectivity index (χ1v) is 8.36. The molecular formula is C13H18ClNO4S. The number of benzene rings is 1. The number of nitrogens with zero attached hydrogens (tertiary/aromatic N) is 1. The molecule has 1 aromatic rings. The molecule has 0 radical (unpaired) electrons. The molecular weight excluding hydrogens is 302 g/mol. The maximum absolute atomic E-state index is 12.2. The van der Waals surface area contributed by atoms with Crippen LogP contribution in [0.4, 0.5) is 0 Å². The zero-order valence-electron chi connectivity index (χ0n) is 11.9. The first kappa shape index (κ1) is 16.8. The number of rotatable bonds is 5. The molecule has 1 amide bonds. The SMILES string of the molecule is COc1ccc(C(=O)N(C)CC(C)C)cc1S(=O)(=O)Cl. The van der Waals surface area contributed by atoms with Crippen molar-refractivity contribution in [3.05, 3.63) is 23.8 Å². The van der Waals surface area contributed by atoms with Gasteiger partial charge in [-0.3, -0.25) is 4.79 Å². The Morgan fingerprint density at radius 2 is 2.00 bits per heavy atom. The van der Waals surface area contributed by atoms with Crippen molar-refractivity contribution in [2.75, 3.05) is 20.7 Å². The minimum absolute atomic E-state index is 0.114. The Labute approximate surface area is 123 Å². The van der Waals surface area contributed by atoms with E-state index in [2.05, 4.69) is 0 Å². The van der Waals surface area contributed by atoms with Gasteiger partial charge in [0.15, 0.2) is 0 Å². The first-order valence-electron chi connectivity index (χ1n) is 6.05. The Hall–Kier alpha value is -1.27. The van der Waals surface area contributed by atoms with E-state index in [1.807, 2.05) is 13.8 Å². The fourth-order valence-corrected chi connectivity index (χ4v) is 2.87. The van der Waals surface area contributed by atoms with Crippen molar-refractivity contribution in [2.24, 2.45) is 5.92 Å². The van der Waals surface area contributed by atoms with E-state index in [1.54, 1.807) is 7.05 Å². The van der Waals surface area contributed by atoms with Gasteiger partial charge in [0.05, 0.1) is 7.11 Å². The Morgan fingerprint density at radius 1 is 1.40 bits per heavy atom. The lowest BCUT2D eigenvalue weighted by atomic mass is 10.1. The van der Waals surface area contributed by atoms with Gasteiger partial charge in [0.2, 0.25) is 0 Å². The molecule has 20 heavy (non-hydrogen) atoms. The van der Waals surface area contributed by atoms with Gasteiger partial charge in [-0.2, -0.15) is 0 Å². The molecule has 0 atom stereocenters. The predicted molar refractivity (Wildman–Crippen MR) is 77.8 cm³/mol. The maximum atomic E-state index is 12.2. The Kier molecular flexibility index (Phi) is 5.42. The van der Waals surface area contributed by atoms with Crippen LogP contribution in [-0.2, 0) is 9.05 Å². The Balaban J connectivity index is 3.19. The Bertz CT molecular complexity index is 598. The van der Waals surface area contributed by atoms with E-state index in [1.165, 1.54) is 30.2 Å². The molecule has 0 fully saturated rings. The summed E-state index contributed by atoms with van der Waals surface area (Å²) in [5.74, 6) is 0.171. The van der Waals surface area contributed by atoms with E-state index in [9.17, 15) is 13.2 Å². The summed E-state index contributed by atoms with van der Waals surface area (Å²) in [6, 6.07) is 4.18. The minimum atomic E-state index is -3.97. The smallest absolute Gasteiger partial charge is 0.265 e. The highest BCUT2D eigenvalue weighted by atomic mass is 35.7. The topological polar surface area (TPSA) is 63.7 Å². The highest BCUT2D eigenvalue weighted by molar-refractivity contribution is 8.13. The standard InChI is InChI=1S/C13H18ClNO4S/c1-9(2)8-15(3)13(16)10-5-6-11(19-4)12(7-10)20(14,17)18/h5-7,9H,8H2,1-4H3. The van der Waals surface area contributed by atoms with Crippen molar-refractivity contribution in [1.29, 1.82) is 0 Å². The normalized spacial score (nSPS) is 11.5. The van der Waals surface area contributed by atoms with Gasteiger partial charge in [0.25, 0.3) is 15.0 Å². The van der Waals surface area contributed by atoms with Crippen LogP contribution in [0.25, 0.3) is 0 Å². The second-order valence-corrected chi connectivity index (χ2v) is 7.42. The number of ether oxygens (including phenoxy) is 1. The summed E-state index contributed by atoms with van der Waals surface area (Å²) in [5.41, 5.74) is 0.258. The lowest BCUT2D eigenvalue weighted by molar-refractivity contribution is 0.0779. The van der Waals surface area contributed by atoms with Crippen molar-refractivity contribution in [1.82, 2.24) is 4.90 Å². The van der Waals surface area contributed by atoms with Gasteiger partial charge in [-0.25, -0.2) is 8.42 Å². The molecule has 1 rings (SSSR count). The lowest BCUT2D eigenvalue weighted by Gasteiger charge is -2.19. The number of carbonyl (C=O) groups excluding carboxylic acids is 1. The fraction of sp³-hybridized carbons (Fsp3) is 0.462. The van der Waals surface area contributed by atoms with Crippen LogP contribution in [0.2, 0.25) is 0 Å². The monoisotopic (exact) mass is 319 g/mol. The van der Waals surface area contributed by atoms with Crippen molar-refractivity contribution in [3.63, 3.8) is 0 Å². The summed E-state index contributed by atoms with van der Waals surface area (Å²) >= 11 is 0. The van der Waals surface area contributed by atoms with Gasteiger partial charge >= 0.3 is 0 Å². The van der Waals surface area contributed by atoms with Crippen LogP contribution in [0.3, 0.4) is 0 Å². The van der Waals surface area contributed by atoms with Crippen LogP contribution in [-0.4, -0.2) is 39.9 Å². The van der Waals surface area contributed by atoms with E-state index in [-0.39, 0.29) is 22.1 Å². The quantitative estimate of drug-likeness (QED) is 0.781. The van der Waals surface area contributed by atoms with E-state index in [0.29, 0.717) is 12.5 Å². The van der Waals surface area contributed by atoms with Gasteiger partial charge < -0.3 is 9.64 Å². The molecule has 1 aromatic carbocycles. The third kappa shape index (κ3) is 4.11.